The smallest absolute Gasteiger partial charge is 0.301 e. The number of rotatable bonds is 6. The van der Waals surface area contributed by atoms with Gasteiger partial charge in [0.05, 0.1) is 17.1 Å². The van der Waals surface area contributed by atoms with E-state index in [1.807, 2.05) is 66.0 Å². The summed E-state index contributed by atoms with van der Waals surface area (Å²) >= 11 is 2.49. The standard InChI is InChI=1S/C25H21N7O2S2/c1-15-21(23(34)31(2)3)36-24(26-15)29-28-20-19(17-12-8-5-9-13-17)30-32(22(20)33)25-27-18(14-35-25)16-10-6-4-7-11-16/h4-14,30H,1-3H3. The molecule has 3 aromatic heterocycles. The highest BCUT2D eigenvalue weighted by Crippen LogP contribution is 2.31. The molecule has 0 bridgehead atoms. The molecule has 0 saturated carbocycles. The maximum atomic E-state index is 13.5. The molecule has 0 fully saturated rings. The maximum Gasteiger partial charge on any atom is 0.301 e. The van der Waals surface area contributed by atoms with Crippen molar-refractivity contribution in [3.63, 3.8) is 0 Å². The zero-order valence-corrected chi connectivity index (χ0v) is 21.3. The number of amides is 1. The van der Waals surface area contributed by atoms with Gasteiger partial charge in [0, 0.05) is 30.6 Å². The van der Waals surface area contributed by atoms with E-state index in [4.69, 9.17) is 0 Å². The van der Waals surface area contributed by atoms with Crippen molar-refractivity contribution in [2.45, 2.75) is 6.92 Å². The molecule has 5 aromatic rings. The first-order valence-corrected chi connectivity index (χ1v) is 12.6. The maximum absolute atomic E-state index is 13.5. The third-order valence-electron chi connectivity index (χ3n) is 5.30. The number of aromatic amines is 1. The molecule has 1 N–H and O–H groups in total. The van der Waals surface area contributed by atoms with Crippen LogP contribution in [0.4, 0.5) is 10.8 Å². The summed E-state index contributed by atoms with van der Waals surface area (Å²) in [7, 11) is 3.36. The van der Waals surface area contributed by atoms with E-state index in [0.29, 0.717) is 26.5 Å². The minimum atomic E-state index is -0.385. The Bertz CT molecular complexity index is 1610. The van der Waals surface area contributed by atoms with Gasteiger partial charge in [-0.25, -0.2) is 9.97 Å². The number of benzene rings is 2. The third kappa shape index (κ3) is 4.53. The van der Waals surface area contributed by atoms with Crippen molar-refractivity contribution in [2.24, 2.45) is 10.2 Å². The Kier molecular flexibility index (Phi) is 6.40. The SMILES string of the molecule is Cc1nc(N=Nc2c(-c3ccccc3)[nH]n(-c3nc(-c4ccccc4)cs3)c2=O)sc1C(=O)N(C)C. The molecule has 180 valence electrons. The van der Waals surface area contributed by atoms with Crippen LogP contribution in [-0.2, 0) is 0 Å². The highest BCUT2D eigenvalue weighted by molar-refractivity contribution is 7.17. The van der Waals surface area contributed by atoms with E-state index in [1.165, 1.54) is 20.9 Å². The van der Waals surface area contributed by atoms with Crippen molar-refractivity contribution in [1.29, 1.82) is 0 Å². The van der Waals surface area contributed by atoms with Gasteiger partial charge < -0.3 is 4.90 Å². The second kappa shape index (κ2) is 9.80. The first-order chi connectivity index (χ1) is 17.4. The van der Waals surface area contributed by atoms with Crippen LogP contribution in [0.25, 0.3) is 27.6 Å². The Hall–Kier alpha value is -4.22. The Balaban J connectivity index is 1.57. The number of H-pyrrole nitrogens is 1. The molecule has 0 radical (unpaired) electrons. The van der Waals surface area contributed by atoms with Gasteiger partial charge in [0.25, 0.3) is 5.91 Å². The first-order valence-electron chi connectivity index (χ1n) is 10.9. The van der Waals surface area contributed by atoms with E-state index in [9.17, 15) is 9.59 Å². The van der Waals surface area contributed by atoms with E-state index in [0.717, 1.165) is 28.2 Å². The van der Waals surface area contributed by atoms with E-state index < -0.39 is 0 Å². The van der Waals surface area contributed by atoms with Gasteiger partial charge in [-0.05, 0) is 6.92 Å². The van der Waals surface area contributed by atoms with Crippen molar-refractivity contribution in [2.75, 3.05) is 14.1 Å². The van der Waals surface area contributed by atoms with Crippen LogP contribution in [0, 0.1) is 6.92 Å². The van der Waals surface area contributed by atoms with Crippen LogP contribution in [0.5, 0.6) is 0 Å². The molecule has 0 aliphatic heterocycles. The molecule has 0 aliphatic carbocycles. The Labute approximate surface area is 214 Å². The number of azo groups is 1. The average Bonchev–Trinajstić information content (AvgIpc) is 3.60. The van der Waals surface area contributed by atoms with Crippen LogP contribution < -0.4 is 5.56 Å². The lowest BCUT2D eigenvalue weighted by Gasteiger charge is -2.07. The predicted molar refractivity (Wildman–Crippen MR) is 142 cm³/mol. The summed E-state index contributed by atoms with van der Waals surface area (Å²) in [6.45, 7) is 1.75. The van der Waals surface area contributed by atoms with Gasteiger partial charge in [-0.1, -0.05) is 72.0 Å². The van der Waals surface area contributed by atoms with Gasteiger partial charge in [-0.2, -0.15) is 4.68 Å². The molecule has 0 aliphatic rings. The van der Waals surface area contributed by atoms with Crippen molar-refractivity contribution < 1.29 is 4.79 Å². The second-order valence-electron chi connectivity index (χ2n) is 8.03. The topological polar surface area (TPSA) is 109 Å². The van der Waals surface area contributed by atoms with Gasteiger partial charge in [0.1, 0.15) is 4.88 Å². The molecule has 0 saturated heterocycles. The van der Waals surface area contributed by atoms with Crippen LogP contribution in [0.1, 0.15) is 15.4 Å². The van der Waals surface area contributed by atoms with Gasteiger partial charge >= 0.3 is 5.56 Å². The van der Waals surface area contributed by atoms with Gasteiger partial charge in [0.2, 0.25) is 10.3 Å². The molecule has 0 spiro atoms. The number of aryl methyl sites for hydroxylation is 1. The Morgan fingerprint density at radius 3 is 2.31 bits per heavy atom. The fourth-order valence-electron chi connectivity index (χ4n) is 3.49. The number of nitrogens with zero attached hydrogens (tertiary/aromatic N) is 6. The highest BCUT2D eigenvalue weighted by atomic mass is 32.1. The molecular weight excluding hydrogens is 494 g/mol. The largest absolute Gasteiger partial charge is 0.344 e. The number of hydrogen-bond acceptors (Lipinski definition) is 8. The van der Waals surface area contributed by atoms with Crippen LogP contribution in [0.2, 0.25) is 0 Å². The Morgan fingerprint density at radius 1 is 0.972 bits per heavy atom. The van der Waals surface area contributed by atoms with Crippen LogP contribution in [0.15, 0.2) is 81.1 Å². The van der Waals surface area contributed by atoms with Crippen LogP contribution in [-0.4, -0.2) is 44.7 Å². The van der Waals surface area contributed by atoms with Gasteiger partial charge in [0.15, 0.2) is 5.69 Å². The molecule has 2 aromatic carbocycles. The Morgan fingerprint density at radius 2 is 1.64 bits per heavy atom. The minimum Gasteiger partial charge on any atom is -0.344 e. The van der Waals surface area contributed by atoms with E-state index in [2.05, 4.69) is 25.3 Å². The summed E-state index contributed by atoms with van der Waals surface area (Å²) in [6.07, 6.45) is 0. The lowest BCUT2D eigenvalue weighted by molar-refractivity contribution is 0.0831. The van der Waals surface area contributed by atoms with E-state index in [-0.39, 0.29) is 17.2 Å². The predicted octanol–water partition coefficient (Wildman–Crippen LogP) is 5.84. The lowest BCUT2D eigenvalue weighted by Crippen LogP contribution is -2.21. The van der Waals surface area contributed by atoms with Gasteiger partial charge in [-0.3, -0.25) is 14.7 Å². The third-order valence-corrected chi connectivity index (χ3v) is 7.16. The molecular formula is C25H21N7O2S2. The monoisotopic (exact) mass is 515 g/mol. The normalized spacial score (nSPS) is 11.3. The second-order valence-corrected chi connectivity index (χ2v) is 9.85. The summed E-state index contributed by atoms with van der Waals surface area (Å²) in [5.74, 6) is -0.154. The number of hydrogen-bond donors (Lipinski definition) is 1. The molecule has 0 atom stereocenters. The zero-order valence-electron chi connectivity index (χ0n) is 19.7. The summed E-state index contributed by atoms with van der Waals surface area (Å²) in [5, 5.41) is 14.3. The summed E-state index contributed by atoms with van der Waals surface area (Å²) < 4.78 is 1.38. The molecule has 0 unspecified atom stereocenters. The summed E-state index contributed by atoms with van der Waals surface area (Å²) in [4.78, 5) is 36.8. The van der Waals surface area contributed by atoms with Crippen molar-refractivity contribution in [3.8, 4) is 27.6 Å². The van der Waals surface area contributed by atoms with Crippen molar-refractivity contribution in [3.05, 3.63) is 87.0 Å². The van der Waals surface area contributed by atoms with Crippen LogP contribution >= 0.6 is 22.7 Å². The number of carbonyl (C=O) groups is 1. The molecule has 3 heterocycles. The summed E-state index contributed by atoms with van der Waals surface area (Å²) in [6, 6.07) is 19.2. The number of thiazole rings is 2. The number of carbonyl (C=O) groups excluding carboxylic acids is 1. The molecule has 36 heavy (non-hydrogen) atoms. The zero-order chi connectivity index (χ0) is 25.2. The number of nitrogens with one attached hydrogen (secondary N) is 1. The molecule has 1 amide bonds. The van der Waals surface area contributed by atoms with Crippen LogP contribution in [0.3, 0.4) is 0 Å². The molecule has 5 rings (SSSR count). The first kappa shape index (κ1) is 23.5. The lowest BCUT2D eigenvalue weighted by atomic mass is 10.1. The fraction of sp³-hybridized carbons (Fsp3) is 0.120. The molecule has 9 nitrogen and oxygen atoms in total. The van der Waals surface area contributed by atoms with Crippen molar-refractivity contribution >= 4 is 39.4 Å². The minimum absolute atomic E-state index is 0.131. The van der Waals surface area contributed by atoms with E-state index in [1.54, 1.807) is 21.0 Å². The summed E-state index contributed by atoms with van der Waals surface area (Å²) in [5.41, 5.74) is 3.34. The van der Waals surface area contributed by atoms with Crippen molar-refractivity contribution in [1.82, 2.24) is 24.6 Å². The molecule has 11 heteroatoms. The quantitative estimate of drug-likeness (QED) is 0.287. The van der Waals surface area contributed by atoms with Gasteiger partial charge in [-0.15, -0.1) is 21.6 Å². The average molecular weight is 516 g/mol. The number of aromatic nitrogens is 4. The fourth-order valence-corrected chi connectivity index (χ4v) is 5.19. The highest BCUT2D eigenvalue weighted by Gasteiger charge is 2.20. The van der Waals surface area contributed by atoms with E-state index >= 15 is 0 Å².